The first-order valence-corrected chi connectivity index (χ1v) is 8.98. The van der Waals surface area contributed by atoms with E-state index in [-0.39, 0.29) is 0 Å². The molecule has 0 saturated heterocycles. The van der Waals surface area contributed by atoms with E-state index in [1.54, 1.807) is 0 Å². The van der Waals surface area contributed by atoms with E-state index in [1.165, 1.54) is 11.3 Å². The second-order valence-electron chi connectivity index (χ2n) is 5.48. The van der Waals surface area contributed by atoms with Crippen LogP contribution in [0.5, 0.6) is 0 Å². The van der Waals surface area contributed by atoms with Crippen LogP contribution in [0.15, 0.2) is 58.8 Å². The Hall–Kier alpha value is -3.29. The third kappa shape index (κ3) is 4.41. The largest absolute Gasteiger partial charge is 0.369 e. The second kappa shape index (κ2) is 8.70. The van der Waals surface area contributed by atoms with Crippen LogP contribution in [0.1, 0.15) is 12.8 Å². The minimum atomic E-state index is 0.421. The first kappa shape index (κ1) is 17.5. The van der Waals surface area contributed by atoms with Crippen LogP contribution < -0.4 is 4.90 Å². The molecule has 3 rings (SSSR count). The van der Waals surface area contributed by atoms with E-state index in [1.807, 2.05) is 53.4 Å². The first-order valence-electron chi connectivity index (χ1n) is 8.16. The van der Waals surface area contributed by atoms with Gasteiger partial charge in [0, 0.05) is 18.8 Å². The monoisotopic (exact) mass is 360 g/mol. The van der Waals surface area contributed by atoms with Crippen molar-refractivity contribution in [3.8, 4) is 12.1 Å². The maximum absolute atomic E-state index is 8.79. The highest BCUT2D eigenvalue weighted by molar-refractivity contribution is 7.21. The Morgan fingerprint density at radius 3 is 2.27 bits per heavy atom. The zero-order valence-corrected chi connectivity index (χ0v) is 14.9. The Bertz CT molecular complexity index is 927. The summed E-state index contributed by atoms with van der Waals surface area (Å²) >= 11 is 1.50. The fourth-order valence-electron chi connectivity index (χ4n) is 2.47. The summed E-state index contributed by atoms with van der Waals surface area (Å²) in [4.78, 5) is 6.46. The maximum Gasteiger partial charge on any atom is 0.231 e. The van der Waals surface area contributed by atoms with E-state index in [9.17, 15) is 0 Å². The fourth-order valence-corrected chi connectivity index (χ4v) is 3.26. The van der Waals surface area contributed by atoms with Crippen LogP contribution >= 0.6 is 11.3 Å². The molecule has 0 bridgehead atoms. The van der Waals surface area contributed by atoms with Crippen molar-refractivity contribution in [1.29, 1.82) is 10.5 Å². The number of rotatable bonds is 7. The molecule has 0 amide bonds. The molecule has 6 nitrogen and oxygen atoms in total. The summed E-state index contributed by atoms with van der Waals surface area (Å²) in [7, 11) is 0. The number of azo groups is 1. The van der Waals surface area contributed by atoms with Gasteiger partial charge in [0.05, 0.1) is 40.9 Å². The molecule has 0 aliphatic rings. The Morgan fingerprint density at radius 2 is 1.62 bits per heavy atom. The molecule has 0 aliphatic carbocycles. The van der Waals surface area contributed by atoms with E-state index in [0.717, 1.165) is 21.6 Å². The lowest BCUT2D eigenvalue weighted by molar-refractivity contribution is 0.796. The summed E-state index contributed by atoms with van der Waals surface area (Å²) in [5, 5.41) is 26.7. The zero-order valence-electron chi connectivity index (χ0n) is 14.0. The number of hydrogen-bond donors (Lipinski definition) is 0. The maximum atomic E-state index is 8.79. The molecule has 3 aromatic rings. The van der Waals surface area contributed by atoms with E-state index < -0.39 is 0 Å². The number of anilines is 1. The molecule has 0 N–H and O–H groups in total. The quantitative estimate of drug-likeness (QED) is 0.532. The number of benzene rings is 2. The van der Waals surface area contributed by atoms with Crippen molar-refractivity contribution in [2.24, 2.45) is 10.2 Å². The van der Waals surface area contributed by atoms with Gasteiger partial charge in [-0.3, -0.25) is 0 Å². The lowest BCUT2D eigenvalue weighted by Crippen LogP contribution is -2.25. The molecular formula is C19H16N6S. The average molecular weight is 360 g/mol. The van der Waals surface area contributed by atoms with Crippen LogP contribution in [-0.4, -0.2) is 18.1 Å². The molecule has 0 saturated carbocycles. The molecule has 0 atom stereocenters. The standard InChI is InChI=1S/C19H16N6S/c20-11-3-13-25(14-4-12-21)16-9-7-15(8-10-16)23-24-19-22-17-5-1-2-6-18(17)26-19/h1-2,5-10H,3-4,13-14H2. The van der Waals surface area contributed by atoms with Gasteiger partial charge in [0.25, 0.3) is 0 Å². The Labute approximate surface area is 155 Å². The summed E-state index contributed by atoms with van der Waals surface area (Å²) in [5.41, 5.74) is 2.62. The van der Waals surface area contributed by atoms with Gasteiger partial charge in [-0.05, 0) is 36.4 Å². The van der Waals surface area contributed by atoms with Crippen molar-refractivity contribution in [3.05, 3.63) is 48.5 Å². The number of nitriles is 2. The Balaban J connectivity index is 1.71. The molecular weight excluding hydrogens is 344 g/mol. The van der Waals surface area contributed by atoms with Gasteiger partial charge >= 0.3 is 0 Å². The Kier molecular flexibility index (Phi) is 5.87. The SMILES string of the molecule is N#CCCN(CCC#N)c1ccc(N=Nc2nc3ccccc3s2)cc1. The number of fused-ring (bicyclic) bond motifs is 1. The highest BCUT2D eigenvalue weighted by Gasteiger charge is 2.06. The van der Waals surface area contributed by atoms with Crippen LogP contribution in [0.2, 0.25) is 0 Å². The van der Waals surface area contributed by atoms with Gasteiger partial charge in [-0.2, -0.15) is 10.5 Å². The summed E-state index contributed by atoms with van der Waals surface area (Å²) in [6.07, 6.45) is 0.842. The van der Waals surface area contributed by atoms with Crippen LogP contribution in [0.3, 0.4) is 0 Å². The topological polar surface area (TPSA) is 88.4 Å². The number of nitrogens with zero attached hydrogens (tertiary/aromatic N) is 6. The molecule has 0 fully saturated rings. The normalized spacial score (nSPS) is 10.7. The molecule has 128 valence electrons. The summed E-state index contributed by atoms with van der Waals surface area (Å²) in [6, 6.07) is 19.8. The predicted octanol–water partition coefficient (Wildman–Crippen LogP) is 5.35. The molecule has 26 heavy (non-hydrogen) atoms. The van der Waals surface area contributed by atoms with E-state index in [0.29, 0.717) is 31.1 Å². The predicted molar refractivity (Wildman–Crippen MR) is 103 cm³/mol. The van der Waals surface area contributed by atoms with Gasteiger partial charge in [-0.25, -0.2) is 4.98 Å². The first-order chi connectivity index (χ1) is 12.8. The lowest BCUT2D eigenvalue weighted by Gasteiger charge is -2.22. The molecule has 0 spiro atoms. The van der Waals surface area contributed by atoms with Crippen molar-refractivity contribution in [2.45, 2.75) is 12.8 Å². The van der Waals surface area contributed by atoms with E-state index in [2.05, 4.69) is 27.4 Å². The molecule has 2 aromatic carbocycles. The van der Waals surface area contributed by atoms with Gasteiger partial charge in [-0.1, -0.05) is 23.5 Å². The summed E-state index contributed by atoms with van der Waals surface area (Å²) < 4.78 is 1.09. The molecule has 1 aromatic heterocycles. The molecule has 0 aliphatic heterocycles. The fraction of sp³-hybridized carbons (Fsp3) is 0.211. The van der Waals surface area contributed by atoms with Gasteiger partial charge in [0.15, 0.2) is 0 Å². The van der Waals surface area contributed by atoms with Crippen molar-refractivity contribution in [1.82, 2.24) is 4.98 Å². The molecule has 0 unspecified atom stereocenters. The van der Waals surface area contributed by atoms with Crippen LogP contribution in [0.4, 0.5) is 16.5 Å². The van der Waals surface area contributed by atoms with Crippen molar-refractivity contribution in [3.63, 3.8) is 0 Å². The second-order valence-corrected chi connectivity index (χ2v) is 6.49. The molecule has 0 radical (unpaired) electrons. The van der Waals surface area contributed by atoms with Gasteiger partial charge in [-0.15, -0.1) is 10.2 Å². The van der Waals surface area contributed by atoms with Crippen LogP contribution in [0, 0.1) is 22.7 Å². The third-order valence-corrected chi connectivity index (χ3v) is 4.66. The molecule has 7 heteroatoms. The van der Waals surface area contributed by atoms with Gasteiger partial charge < -0.3 is 4.90 Å². The van der Waals surface area contributed by atoms with Crippen LogP contribution in [0.25, 0.3) is 10.2 Å². The summed E-state index contributed by atoms with van der Waals surface area (Å²) in [6.45, 7) is 1.20. The third-order valence-electron chi connectivity index (χ3n) is 3.74. The van der Waals surface area contributed by atoms with Crippen molar-refractivity contribution >= 4 is 38.1 Å². The van der Waals surface area contributed by atoms with Gasteiger partial charge in [0.1, 0.15) is 0 Å². The smallest absolute Gasteiger partial charge is 0.231 e. The zero-order chi connectivity index (χ0) is 18.2. The van der Waals surface area contributed by atoms with Crippen molar-refractivity contribution < 1.29 is 0 Å². The van der Waals surface area contributed by atoms with E-state index in [4.69, 9.17) is 10.5 Å². The summed E-state index contributed by atoms with van der Waals surface area (Å²) in [5.74, 6) is 0. The number of thiazole rings is 1. The van der Waals surface area contributed by atoms with E-state index >= 15 is 0 Å². The highest BCUT2D eigenvalue weighted by Crippen LogP contribution is 2.29. The van der Waals surface area contributed by atoms with Crippen molar-refractivity contribution in [2.75, 3.05) is 18.0 Å². The average Bonchev–Trinajstić information content (AvgIpc) is 3.10. The van der Waals surface area contributed by atoms with Crippen LogP contribution in [-0.2, 0) is 0 Å². The lowest BCUT2D eigenvalue weighted by atomic mass is 10.2. The highest BCUT2D eigenvalue weighted by atomic mass is 32.1. The number of para-hydroxylation sites is 1. The number of hydrogen-bond acceptors (Lipinski definition) is 7. The van der Waals surface area contributed by atoms with Gasteiger partial charge in [0.2, 0.25) is 5.13 Å². The Morgan fingerprint density at radius 1 is 0.923 bits per heavy atom. The molecule has 1 heterocycles. The minimum Gasteiger partial charge on any atom is -0.369 e. The number of aromatic nitrogens is 1. The minimum absolute atomic E-state index is 0.421.